The van der Waals surface area contributed by atoms with Crippen LogP contribution in [0.1, 0.15) is 17.0 Å². The molecule has 2 aromatic rings. The summed E-state index contributed by atoms with van der Waals surface area (Å²) in [5.74, 6) is 2.47. The predicted molar refractivity (Wildman–Crippen MR) is 73.7 cm³/mol. The van der Waals surface area contributed by atoms with Gasteiger partial charge >= 0.3 is 0 Å². The molecule has 0 saturated carbocycles. The van der Waals surface area contributed by atoms with Crippen LogP contribution in [0.15, 0.2) is 48.5 Å². The van der Waals surface area contributed by atoms with Gasteiger partial charge in [0.25, 0.3) is 0 Å². The summed E-state index contributed by atoms with van der Waals surface area (Å²) in [5, 5.41) is 0. The second kappa shape index (κ2) is 4.09. The van der Waals surface area contributed by atoms with Crippen LogP contribution in [0.4, 0.5) is 0 Å². The fourth-order valence-corrected chi connectivity index (χ4v) is 3.12. The molecule has 0 amide bonds. The average Bonchev–Trinajstić information content (AvgIpc) is 2.36. The van der Waals surface area contributed by atoms with E-state index in [1.54, 1.807) is 0 Å². The van der Waals surface area contributed by atoms with Gasteiger partial charge in [0.05, 0.1) is 0 Å². The number of ether oxygens (including phenoxy) is 1. The van der Waals surface area contributed by atoms with E-state index in [1.165, 1.54) is 11.1 Å². The van der Waals surface area contributed by atoms with Gasteiger partial charge in [-0.2, -0.15) is 0 Å². The van der Waals surface area contributed by atoms with E-state index in [-0.39, 0.29) is 0 Å². The Bertz CT molecular complexity index is 476. The van der Waals surface area contributed by atoms with Crippen LogP contribution in [0.5, 0.6) is 11.5 Å². The largest absolute Gasteiger partial charge is 0.457 e. The summed E-state index contributed by atoms with van der Waals surface area (Å²) in [7, 11) is 0. The molecule has 0 saturated heterocycles. The van der Waals surface area contributed by atoms with E-state index < -0.39 is 0 Å². The van der Waals surface area contributed by atoms with Crippen LogP contribution in [0.25, 0.3) is 0 Å². The maximum atomic E-state index is 5.91. The number of fused-ring (bicyclic) bond motifs is 2. The highest BCUT2D eigenvalue weighted by Crippen LogP contribution is 2.44. The summed E-state index contributed by atoms with van der Waals surface area (Å²) in [6.45, 7) is 0. The summed E-state index contributed by atoms with van der Waals surface area (Å²) in [6.07, 6.45) is 0. The number of hydrogen-bond acceptors (Lipinski definition) is 1. The van der Waals surface area contributed by atoms with Crippen LogP contribution in [-0.2, 0) is 0 Å². The molecule has 2 heteroatoms. The smallest absolute Gasteiger partial charge is 0.131 e. The van der Waals surface area contributed by atoms with Crippen molar-refractivity contribution in [1.82, 2.24) is 0 Å². The Balaban J connectivity index is 2.19. The van der Waals surface area contributed by atoms with Crippen LogP contribution in [-0.4, -0.2) is 4.43 Å². The van der Waals surface area contributed by atoms with Gasteiger partial charge in [0.1, 0.15) is 11.5 Å². The summed E-state index contributed by atoms with van der Waals surface area (Å²) in [6, 6.07) is 16.6. The summed E-state index contributed by atoms with van der Waals surface area (Å²) < 4.78 is 6.98. The van der Waals surface area contributed by atoms with Gasteiger partial charge in [0, 0.05) is 21.5 Å². The van der Waals surface area contributed by atoms with Crippen molar-refractivity contribution in [3.8, 4) is 11.5 Å². The van der Waals surface area contributed by atoms with Crippen molar-refractivity contribution in [2.24, 2.45) is 0 Å². The molecule has 0 radical (unpaired) electrons. The van der Waals surface area contributed by atoms with E-state index >= 15 is 0 Å². The van der Waals surface area contributed by atoms with Gasteiger partial charge in [0.2, 0.25) is 0 Å². The number of halogens is 1. The van der Waals surface area contributed by atoms with Crippen molar-refractivity contribution in [3.05, 3.63) is 59.7 Å². The fraction of sp³-hybridized carbons (Fsp3) is 0.143. The highest BCUT2D eigenvalue weighted by atomic mass is 127. The molecule has 1 heterocycles. The zero-order valence-electron chi connectivity index (χ0n) is 8.69. The standard InChI is InChI=1S/C14H11IO/c15-9-12-10-5-1-3-7-13(10)16-14-8-4-2-6-11(12)14/h1-8,12H,9H2. The number of alkyl halides is 1. The molecule has 0 spiro atoms. The number of para-hydroxylation sites is 2. The predicted octanol–water partition coefficient (Wildman–Crippen LogP) is 4.36. The summed E-state index contributed by atoms with van der Waals surface area (Å²) in [4.78, 5) is 0. The normalized spacial score (nSPS) is 13.8. The minimum absolute atomic E-state index is 0.460. The Morgan fingerprint density at radius 1 is 0.875 bits per heavy atom. The molecule has 80 valence electrons. The number of benzene rings is 2. The fourth-order valence-electron chi connectivity index (χ4n) is 2.17. The molecule has 0 atom stereocenters. The molecular formula is C14H11IO. The highest BCUT2D eigenvalue weighted by molar-refractivity contribution is 14.1. The van der Waals surface area contributed by atoms with Gasteiger partial charge in [-0.3, -0.25) is 0 Å². The monoisotopic (exact) mass is 322 g/mol. The molecule has 0 unspecified atom stereocenters. The topological polar surface area (TPSA) is 9.23 Å². The third-order valence-corrected chi connectivity index (χ3v) is 3.84. The zero-order valence-corrected chi connectivity index (χ0v) is 10.8. The Labute approximate surface area is 109 Å². The average molecular weight is 322 g/mol. The molecule has 2 aromatic carbocycles. The highest BCUT2D eigenvalue weighted by Gasteiger charge is 2.25. The molecule has 3 rings (SSSR count). The van der Waals surface area contributed by atoms with E-state index in [0.29, 0.717) is 5.92 Å². The summed E-state index contributed by atoms with van der Waals surface area (Å²) in [5.41, 5.74) is 2.60. The number of hydrogen-bond donors (Lipinski definition) is 0. The molecule has 0 fully saturated rings. The first-order valence-corrected chi connectivity index (χ1v) is 6.84. The maximum absolute atomic E-state index is 5.91. The van der Waals surface area contributed by atoms with Crippen LogP contribution in [0, 0.1) is 0 Å². The van der Waals surface area contributed by atoms with Crippen molar-refractivity contribution in [2.45, 2.75) is 5.92 Å². The van der Waals surface area contributed by atoms with Crippen LogP contribution in [0.2, 0.25) is 0 Å². The second-order valence-corrected chi connectivity index (χ2v) is 4.77. The quantitative estimate of drug-likeness (QED) is 0.560. The molecular weight excluding hydrogens is 311 g/mol. The first-order chi connectivity index (χ1) is 7.90. The molecule has 16 heavy (non-hydrogen) atoms. The lowest BCUT2D eigenvalue weighted by Crippen LogP contribution is -2.10. The van der Waals surface area contributed by atoms with Crippen molar-refractivity contribution in [1.29, 1.82) is 0 Å². The molecule has 1 aliphatic heterocycles. The third kappa shape index (κ3) is 1.52. The van der Waals surface area contributed by atoms with Gasteiger partial charge in [0.15, 0.2) is 0 Å². The first kappa shape index (κ1) is 10.1. The van der Waals surface area contributed by atoms with Gasteiger partial charge in [-0.15, -0.1) is 0 Å². The van der Waals surface area contributed by atoms with Gasteiger partial charge in [-0.1, -0.05) is 59.0 Å². The lowest BCUT2D eigenvalue weighted by Gasteiger charge is -2.26. The summed E-state index contributed by atoms with van der Waals surface area (Å²) >= 11 is 2.44. The minimum Gasteiger partial charge on any atom is -0.457 e. The Morgan fingerprint density at radius 3 is 1.88 bits per heavy atom. The van der Waals surface area contributed by atoms with Crippen molar-refractivity contribution in [3.63, 3.8) is 0 Å². The van der Waals surface area contributed by atoms with Gasteiger partial charge < -0.3 is 4.74 Å². The Hall–Kier alpha value is -1.03. The van der Waals surface area contributed by atoms with Gasteiger partial charge in [-0.25, -0.2) is 0 Å². The lowest BCUT2D eigenvalue weighted by molar-refractivity contribution is 0.451. The van der Waals surface area contributed by atoms with Crippen molar-refractivity contribution < 1.29 is 4.74 Å². The van der Waals surface area contributed by atoms with Gasteiger partial charge in [-0.05, 0) is 12.1 Å². The maximum Gasteiger partial charge on any atom is 0.131 e. The zero-order chi connectivity index (χ0) is 11.0. The van der Waals surface area contributed by atoms with Crippen LogP contribution < -0.4 is 4.74 Å². The van der Waals surface area contributed by atoms with E-state index in [0.717, 1.165) is 15.9 Å². The van der Waals surface area contributed by atoms with Crippen LogP contribution >= 0.6 is 22.6 Å². The SMILES string of the molecule is ICC1c2ccccc2Oc2ccccc21. The molecule has 0 N–H and O–H groups in total. The molecule has 1 nitrogen and oxygen atoms in total. The molecule has 0 bridgehead atoms. The molecule has 1 aliphatic rings. The number of rotatable bonds is 1. The minimum atomic E-state index is 0.460. The van der Waals surface area contributed by atoms with Crippen LogP contribution in [0.3, 0.4) is 0 Å². The lowest BCUT2D eigenvalue weighted by atomic mass is 9.90. The van der Waals surface area contributed by atoms with E-state index in [1.807, 2.05) is 24.3 Å². The van der Waals surface area contributed by atoms with Crippen molar-refractivity contribution >= 4 is 22.6 Å². The third-order valence-electron chi connectivity index (χ3n) is 2.96. The second-order valence-electron chi connectivity index (χ2n) is 3.88. The molecule has 0 aromatic heterocycles. The Kier molecular flexibility index (Phi) is 2.59. The van der Waals surface area contributed by atoms with Crippen molar-refractivity contribution in [2.75, 3.05) is 4.43 Å². The molecule has 0 aliphatic carbocycles. The Morgan fingerprint density at radius 2 is 1.38 bits per heavy atom. The van der Waals surface area contributed by atoms with E-state index in [9.17, 15) is 0 Å². The van der Waals surface area contributed by atoms with E-state index in [4.69, 9.17) is 4.74 Å². The van der Waals surface area contributed by atoms with E-state index in [2.05, 4.69) is 46.9 Å². The first-order valence-electron chi connectivity index (χ1n) is 5.32.